The average Bonchev–Trinajstić information content (AvgIpc) is 3.32. The molecule has 1 heterocycles. The highest BCUT2D eigenvalue weighted by atomic mass is 31.2. The Bertz CT molecular complexity index is 1070. The summed E-state index contributed by atoms with van der Waals surface area (Å²) >= 11 is 0. The van der Waals surface area contributed by atoms with E-state index in [1.165, 1.54) is 18.2 Å². The second-order valence-electron chi connectivity index (χ2n) is 8.28. The summed E-state index contributed by atoms with van der Waals surface area (Å²) in [7, 11) is -4.02. The van der Waals surface area contributed by atoms with Gasteiger partial charge in [-0.05, 0) is 68.1 Å². The molecule has 0 atom stereocenters. The Hall–Kier alpha value is -2.51. The van der Waals surface area contributed by atoms with E-state index < -0.39 is 7.60 Å². The molecule has 3 aromatic rings. The molecule has 0 fully saturated rings. The maximum Gasteiger partial charge on any atom is 0.325 e. The normalized spacial score (nSPS) is 11.6. The molecule has 0 bridgehead atoms. The van der Waals surface area contributed by atoms with E-state index >= 15 is 0 Å². The first kappa shape index (κ1) is 26.1. The third-order valence-corrected chi connectivity index (χ3v) is 6.41. The molecule has 6 nitrogen and oxygen atoms in total. The molecule has 184 valence electrons. The number of anilines is 1. The standard InChI is InChI=1S/C25H31F2N2O4P/c26-22-8-6-19(7-9-22)5-2-1-3-12-29-25-16-24(27)21(15-23(25)20-10-13-33-18-20)17-28-11-4-14-34(30,31)32/h6-10,13,15-16,18,28-29H,1-5,11-12,14,17H2,(H2,30,31,32). The van der Waals surface area contributed by atoms with Crippen molar-refractivity contribution >= 4 is 13.3 Å². The zero-order valence-corrected chi connectivity index (χ0v) is 19.9. The lowest BCUT2D eigenvalue weighted by molar-refractivity contribution is 0.371. The lowest BCUT2D eigenvalue weighted by Gasteiger charge is -2.15. The van der Waals surface area contributed by atoms with Gasteiger partial charge in [-0.3, -0.25) is 4.57 Å². The summed E-state index contributed by atoms with van der Waals surface area (Å²) in [5, 5.41) is 6.37. The van der Waals surface area contributed by atoms with Crippen LogP contribution in [0.25, 0.3) is 11.1 Å². The first-order chi connectivity index (χ1) is 16.3. The molecule has 1 aromatic heterocycles. The smallest absolute Gasteiger partial charge is 0.325 e. The van der Waals surface area contributed by atoms with Crippen LogP contribution in [0.4, 0.5) is 14.5 Å². The van der Waals surface area contributed by atoms with Gasteiger partial charge in [0.2, 0.25) is 0 Å². The molecule has 2 aromatic carbocycles. The highest BCUT2D eigenvalue weighted by Crippen LogP contribution is 2.34. The number of halogens is 2. The van der Waals surface area contributed by atoms with E-state index in [2.05, 4.69) is 10.6 Å². The summed E-state index contributed by atoms with van der Waals surface area (Å²) < 4.78 is 43.9. The van der Waals surface area contributed by atoms with E-state index in [1.807, 2.05) is 18.2 Å². The van der Waals surface area contributed by atoms with Crippen molar-refractivity contribution in [3.63, 3.8) is 0 Å². The van der Waals surface area contributed by atoms with E-state index in [4.69, 9.17) is 14.2 Å². The average molecular weight is 493 g/mol. The molecule has 0 saturated carbocycles. The van der Waals surface area contributed by atoms with Crippen molar-refractivity contribution in [3.8, 4) is 11.1 Å². The van der Waals surface area contributed by atoms with Gasteiger partial charge in [-0.2, -0.15) is 0 Å². The molecule has 0 amide bonds. The monoisotopic (exact) mass is 492 g/mol. The van der Waals surface area contributed by atoms with Gasteiger partial charge in [-0.15, -0.1) is 0 Å². The lowest BCUT2D eigenvalue weighted by atomic mass is 10.0. The van der Waals surface area contributed by atoms with Crippen LogP contribution in [-0.4, -0.2) is 29.0 Å². The largest absolute Gasteiger partial charge is 0.472 e. The van der Waals surface area contributed by atoms with E-state index in [-0.39, 0.29) is 24.3 Å². The molecule has 9 heteroatoms. The van der Waals surface area contributed by atoms with Crippen molar-refractivity contribution in [1.29, 1.82) is 0 Å². The molecular weight excluding hydrogens is 461 g/mol. The molecule has 4 N–H and O–H groups in total. The summed E-state index contributed by atoms with van der Waals surface area (Å²) in [6, 6.07) is 11.6. The van der Waals surface area contributed by atoms with Crippen molar-refractivity contribution in [2.75, 3.05) is 24.6 Å². The van der Waals surface area contributed by atoms with Gasteiger partial charge in [0.05, 0.1) is 18.7 Å². The van der Waals surface area contributed by atoms with Crippen LogP contribution in [0, 0.1) is 11.6 Å². The number of furan rings is 1. The van der Waals surface area contributed by atoms with Gasteiger partial charge in [0.25, 0.3) is 0 Å². The zero-order valence-electron chi connectivity index (χ0n) is 19.0. The number of nitrogens with one attached hydrogen (secondary N) is 2. The van der Waals surface area contributed by atoms with Gasteiger partial charge >= 0.3 is 7.60 Å². The van der Waals surface area contributed by atoms with Crippen molar-refractivity contribution in [1.82, 2.24) is 5.32 Å². The predicted molar refractivity (Wildman–Crippen MR) is 130 cm³/mol. The number of unbranched alkanes of at least 4 members (excludes halogenated alkanes) is 2. The molecule has 34 heavy (non-hydrogen) atoms. The highest BCUT2D eigenvalue weighted by molar-refractivity contribution is 7.51. The fraction of sp³-hybridized carbons (Fsp3) is 0.360. The van der Waals surface area contributed by atoms with Crippen LogP contribution < -0.4 is 10.6 Å². The summed E-state index contributed by atoms with van der Waals surface area (Å²) in [4.78, 5) is 17.9. The third kappa shape index (κ3) is 8.69. The fourth-order valence-corrected chi connectivity index (χ4v) is 4.26. The van der Waals surface area contributed by atoms with E-state index in [0.29, 0.717) is 30.8 Å². The summed E-state index contributed by atoms with van der Waals surface area (Å²) in [5.41, 5.74) is 3.93. The number of benzene rings is 2. The fourth-order valence-electron chi connectivity index (χ4n) is 3.69. The number of aryl methyl sites for hydroxylation is 1. The van der Waals surface area contributed by atoms with Gasteiger partial charge in [0, 0.05) is 35.5 Å². The van der Waals surface area contributed by atoms with E-state index in [0.717, 1.165) is 42.4 Å². The Morgan fingerprint density at radius 3 is 2.44 bits per heavy atom. The SMILES string of the molecule is O=P(O)(O)CCCNCc1cc(-c2ccoc2)c(NCCCCCc2ccc(F)cc2)cc1F. The number of hydrogen-bond donors (Lipinski definition) is 4. The second-order valence-corrected chi connectivity index (χ2v) is 10.1. The van der Waals surface area contributed by atoms with Crippen molar-refractivity contribution in [2.24, 2.45) is 0 Å². The Morgan fingerprint density at radius 1 is 0.941 bits per heavy atom. The molecule has 0 spiro atoms. The first-order valence-corrected chi connectivity index (χ1v) is 13.2. The van der Waals surface area contributed by atoms with Gasteiger partial charge in [-0.1, -0.05) is 18.6 Å². The van der Waals surface area contributed by atoms with Crippen LogP contribution >= 0.6 is 7.60 Å². The molecule has 0 aliphatic heterocycles. The Morgan fingerprint density at radius 2 is 1.74 bits per heavy atom. The van der Waals surface area contributed by atoms with Crippen molar-refractivity contribution in [3.05, 3.63) is 77.8 Å². The second kappa shape index (κ2) is 12.8. The lowest BCUT2D eigenvalue weighted by Crippen LogP contribution is -2.17. The van der Waals surface area contributed by atoms with E-state index in [1.54, 1.807) is 18.6 Å². The first-order valence-electron chi connectivity index (χ1n) is 11.4. The molecule has 0 radical (unpaired) electrons. The van der Waals surface area contributed by atoms with Crippen LogP contribution in [0.1, 0.15) is 36.8 Å². The maximum atomic E-state index is 14.8. The van der Waals surface area contributed by atoms with Gasteiger partial charge in [-0.25, -0.2) is 8.78 Å². The van der Waals surface area contributed by atoms with Crippen molar-refractivity contribution < 1.29 is 27.5 Å². The quantitative estimate of drug-likeness (QED) is 0.170. The van der Waals surface area contributed by atoms with Crippen LogP contribution in [0.3, 0.4) is 0 Å². The van der Waals surface area contributed by atoms with Crippen LogP contribution in [0.2, 0.25) is 0 Å². The highest BCUT2D eigenvalue weighted by Gasteiger charge is 2.14. The number of hydrogen-bond acceptors (Lipinski definition) is 4. The van der Waals surface area contributed by atoms with Crippen LogP contribution in [0.5, 0.6) is 0 Å². The van der Waals surface area contributed by atoms with E-state index in [9.17, 15) is 13.3 Å². The zero-order chi connectivity index (χ0) is 24.4. The summed E-state index contributed by atoms with van der Waals surface area (Å²) in [5.74, 6) is -0.580. The minimum Gasteiger partial charge on any atom is -0.472 e. The summed E-state index contributed by atoms with van der Waals surface area (Å²) in [6.07, 6.45) is 7.07. The van der Waals surface area contributed by atoms with Gasteiger partial charge in [0.15, 0.2) is 0 Å². The summed E-state index contributed by atoms with van der Waals surface area (Å²) in [6.45, 7) is 1.32. The van der Waals surface area contributed by atoms with Gasteiger partial charge < -0.3 is 24.8 Å². The molecule has 0 unspecified atom stereocenters. The molecule has 0 aliphatic rings. The van der Waals surface area contributed by atoms with Crippen LogP contribution in [-0.2, 0) is 17.5 Å². The van der Waals surface area contributed by atoms with Crippen molar-refractivity contribution in [2.45, 2.75) is 38.6 Å². The molecule has 3 rings (SSSR count). The topological polar surface area (TPSA) is 94.7 Å². The minimum absolute atomic E-state index is 0.199. The Kier molecular flexibility index (Phi) is 9.84. The Balaban J connectivity index is 1.52. The third-order valence-electron chi connectivity index (χ3n) is 5.51. The molecule has 0 saturated heterocycles. The molecule has 0 aliphatic carbocycles. The number of rotatable bonds is 14. The molecular formula is C25H31F2N2O4P. The van der Waals surface area contributed by atoms with Gasteiger partial charge in [0.1, 0.15) is 11.6 Å². The Labute approximate surface area is 198 Å². The maximum absolute atomic E-state index is 14.8. The minimum atomic E-state index is -4.02. The van der Waals surface area contributed by atoms with Crippen LogP contribution in [0.15, 0.2) is 59.4 Å². The predicted octanol–water partition coefficient (Wildman–Crippen LogP) is 5.71.